The summed E-state index contributed by atoms with van der Waals surface area (Å²) in [4.78, 5) is 17.3. The van der Waals surface area contributed by atoms with E-state index in [1.54, 1.807) is 25.3 Å². The van der Waals surface area contributed by atoms with Gasteiger partial charge in [-0.2, -0.15) is 0 Å². The molecule has 0 radical (unpaired) electrons. The lowest BCUT2D eigenvalue weighted by Gasteiger charge is -2.14. The first kappa shape index (κ1) is 21.1. The van der Waals surface area contributed by atoms with E-state index in [0.29, 0.717) is 34.5 Å². The highest BCUT2D eigenvalue weighted by Gasteiger charge is 2.16. The average Bonchev–Trinajstić information content (AvgIpc) is 3.22. The minimum absolute atomic E-state index is 0.0739. The summed E-state index contributed by atoms with van der Waals surface area (Å²) in [6.07, 6.45) is 2.08. The summed E-state index contributed by atoms with van der Waals surface area (Å²) in [5.41, 5.74) is 3.47. The number of anilines is 1. The van der Waals surface area contributed by atoms with Crippen molar-refractivity contribution in [2.45, 2.75) is 32.8 Å². The second-order valence-electron chi connectivity index (χ2n) is 7.05. The van der Waals surface area contributed by atoms with Gasteiger partial charge >= 0.3 is 0 Å². The Labute approximate surface area is 176 Å². The largest absolute Gasteiger partial charge is 0.495 e. The van der Waals surface area contributed by atoms with Crippen molar-refractivity contribution in [3.8, 4) is 5.75 Å². The van der Waals surface area contributed by atoms with Crippen LogP contribution in [-0.4, -0.2) is 38.2 Å². The number of halogens is 1. The molecular weight excluding hydrogens is 390 g/mol. The number of carbonyl (C=O) groups excluding carboxylic acids is 1. The van der Waals surface area contributed by atoms with Crippen LogP contribution < -0.4 is 15.4 Å². The molecule has 1 aliphatic rings. The van der Waals surface area contributed by atoms with Crippen molar-refractivity contribution in [2.75, 3.05) is 25.6 Å². The van der Waals surface area contributed by atoms with Crippen LogP contribution in [0.1, 0.15) is 34.3 Å². The third-order valence-corrected chi connectivity index (χ3v) is 5.19. The van der Waals surface area contributed by atoms with Crippen LogP contribution in [-0.2, 0) is 4.74 Å². The molecular formula is C22H26ClN3O3. The third kappa shape index (κ3) is 5.71. The number of carbonyl (C=O) groups is 1. The van der Waals surface area contributed by atoms with Gasteiger partial charge in [-0.3, -0.25) is 10.1 Å². The molecule has 2 aromatic carbocycles. The van der Waals surface area contributed by atoms with E-state index in [9.17, 15) is 4.79 Å². The van der Waals surface area contributed by atoms with Gasteiger partial charge in [0.25, 0.3) is 5.91 Å². The molecule has 1 atom stereocenters. The first-order valence-corrected chi connectivity index (χ1v) is 9.99. The first-order chi connectivity index (χ1) is 14.0. The predicted octanol–water partition coefficient (Wildman–Crippen LogP) is 4.34. The molecule has 3 rings (SSSR count). The Hall–Kier alpha value is -2.57. The van der Waals surface area contributed by atoms with Gasteiger partial charge in [-0.1, -0.05) is 17.7 Å². The van der Waals surface area contributed by atoms with Crippen LogP contribution in [0.15, 0.2) is 41.4 Å². The molecule has 0 aliphatic carbocycles. The van der Waals surface area contributed by atoms with E-state index < -0.39 is 0 Å². The highest BCUT2D eigenvalue weighted by atomic mass is 35.5. The summed E-state index contributed by atoms with van der Waals surface area (Å²) in [6, 6.07) is 10.9. The lowest BCUT2D eigenvalue weighted by molar-refractivity contribution is 0.0975. The molecule has 0 aromatic heterocycles. The Morgan fingerprint density at radius 3 is 2.72 bits per heavy atom. The summed E-state index contributed by atoms with van der Waals surface area (Å²) >= 11 is 6.22. The number of nitrogens with one attached hydrogen (secondary N) is 2. The Kier molecular flexibility index (Phi) is 7.12. The Morgan fingerprint density at radius 2 is 2.07 bits per heavy atom. The number of hydrogen-bond donors (Lipinski definition) is 2. The zero-order valence-corrected chi connectivity index (χ0v) is 17.7. The Morgan fingerprint density at radius 1 is 1.24 bits per heavy atom. The summed E-state index contributed by atoms with van der Waals surface area (Å²) < 4.78 is 10.8. The van der Waals surface area contributed by atoms with E-state index in [1.165, 1.54) is 0 Å². The molecule has 1 heterocycles. The van der Waals surface area contributed by atoms with Crippen molar-refractivity contribution >= 4 is 29.2 Å². The summed E-state index contributed by atoms with van der Waals surface area (Å²) in [5, 5.41) is 6.48. The highest BCUT2D eigenvalue weighted by molar-refractivity contribution is 6.32. The molecule has 2 aromatic rings. The van der Waals surface area contributed by atoms with Gasteiger partial charge in [0.2, 0.25) is 5.96 Å². The fourth-order valence-corrected chi connectivity index (χ4v) is 3.29. The quantitative estimate of drug-likeness (QED) is 0.562. The molecule has 2 N–H and O–H groups in total. The topological polar surface area (TPSA) is 71.9 Å². The minimum atomic E-state index is -0.230. The van der Waals surface area contributed by atoms with Gasteiger partial charge in [0.05, 0.1) is 24.8 Å². The molecule has 1 saturated heterocycles. The van der Waals surface area contributed by atoms with Crippen LogP contribution >= 0.6 is 11.6 Å². The SMILES string of the molecule is COc1ccc(NC(=NCC2CCCO2)NC(=O)c2ccc(C)c(C)c2)cc1Cl. The van der Waals surface area contributed by atoms with Crippen LogP contribution in [0.25, 0.3) is 0 Å². The molecule has 1 unspecified atom stereocenters. The summed E-state index contributed by atoms with van der Waals surface area (Å²) in [5.74, 6) is 0.700. The zero-order chi connectivity index (χ0) is 20.8. The van der Waals surface area contributed by atoms with Gasteiger partial charge in [0.15, 0.2) is 0 Å². The molecule has 1 amide bonds. The fraction of sp³-hybridized carbons (Fsp3) is 0.364. The summed E-state index contributed by atoms with van der Waals surface area (Å²) in [7, 11) is 1.56. The molecule has 6 nitrogen and oxygen atoms in total. The predicted molar refractivity (Wildman–Crippen MR) is 116 cm³/mol. The second-order valence-corrected chi connectivity index (χ2v) is 7.46. The number of methoxy groups -OCH3 is 1. The summed E-state index contributed by atoms with van der Waals surface area (Å²) in [6.45, 7) is 5.22. The zero-order valence-electron chi connectivity index (χ0n) is 16.9. The average molecular weight is 416 g/mol. The second kappa shape index (κ2) is 9.76. The molecule has 0 saturated carbocycles. The molecule has 154 valence electrons. The normalized spacial score (nSPS) is 16.6. The number of amides is 1. The number of aliphatic imine (C=N–C) groups is 1. The smallest absolute Gasteiger partial charge is 0.257 e. The van der Waals surface area contributed by atoms with Crippen molar-refractivity contribution in [1.82, 2.24) is 5.32 Å². The van der Waals surface area contributed by atoms with Crippen molar-refractivity contribution in [3.05, 3.63) is 58.1 Å². The van der Waals surface area contributed by atoms with E-state index in [0.717, 1.165) is 30.6 Å². The van der Waals surface area contributed by atoms with E-state index in [2.05, 4.69) is 15.6 Å². The van der Waals surface area contributed by atoms with Crippen LogP contribution in [0.5, 0.6) is 5.75 Å². The monoisotopic (exact) mass is 415 g/mol. The Bertz CT molecular complexity index is 908. The number of ether oxygens (including phenoxy) is 2. The lowest BCUT2D eigenvalue weighted by Crippen LogP contribution is -2.36. The van der Waals surface area contributed by atoms with E-state index in [1.807, 2.05) is 32.0 Å². The minimum Gasteiger partial charge on any atom is -0.495 e. The maximum absolute atomic E-state index is 12.8. The fourth-order valence-electron chi connectivity index (χ4n) is 3.03. The number of nitrogens with zero attached hydrogens (tertiary/aromatic N) is 1. The van der Waals surface area contributed by atoms with Crippen molar-refractivity contribution < 1.29 is 14.3 Å². The standard InChI is InChI=1S/C22H26ClN3O3/c1-14-6-7-16(11-15(14)2)21(27)26-22(24-13-18-5-4-10-29-18)25-17-8-9-20(28-3)19(23)12-17/h6-9,11-12,18H,4-5,10,13H2,1-3H3,(H2,24,25,26,27). The molecule has 1 fully saturated rings. The van der Waals surface area contributed by atoms with Crippen LogP contribution in [0.3, 0.4) is 0 Å². The maximum Gasteiger partial charge on any atom is 0.257 e. The van der Waals surface area contributed by atoms with Gasteiger partial charge in [0, 0.05) is 17.9 Å². The number of rotatable bonds is 5. The highest BCUT2D eigenvalue weighted by Crippen LogP contribution is 2.27. The number of hydrogen-bond acceptors (Lipinski definition) is 4. The van der Waals surface area contributed by atoms with E-state index >= 15 is 0 Å². The molecule has 29 heavy (non-hydrogen) atoms. The molecule has 0 spiro atoms. The lowest BCUT2D eigenvalue weighted by atomic mass is 10.1. The maximum atomic E-state index is 12.8. The molecule has 7 heteroatoms. The van der Waals surface area contributed by atoms with E-state index in [4.69, 9.17) is 21.1 Å². The van der Waals surface area contributed by atoms with Crippen molar-refractivity contribution in [2.24, 2.45) is 4.99 Å². The van der Waals surface area contributed by atoms with Crippen LogP contribution in [0.2, 0.25) is 5.02 Å². The molecule has 1 aliphatic heterocycles. The van der Waals surface area contributed by atoms with E-state index in [-0.39, 0.29) is 12.0 Å². The van der Waals surface area contributed by atoms with Gasteiger partial charge in [-0.05, 0) is 68.1 Å². The van der Waals surface area contributed by atoms with Gasteiger partial charge in [-0.15, -0.1) is 0 Å². The van der Waals surface area contributed by atoms with Crippen molar-refractivity contribution in [1.29, 1.82) is 0 Å². The first-order valence-electron chi connectivity index (χ1n) is 9.61. The number of benzene rings is 2. The van der Waals surface area contributed by atoms with Crippen LogP contribution in [0, 0.1) is 13.8 Å². The van der Waals surface area contributed by atoms with Gasteiger partial charge < -0.3 is 14.8 Å². The number of guanidine groups is 1. The Balaban J connectivity index is 1.78. The number of aryl methyl sites for hydroxylation is 2. The van der Waals surface area contributed by atoms with Gasteiger partial charge in [-0.25, -0.2) is 4.99 Å². The third-order valence-electron chi connectivity index (χ3n) is 4.89. The van der Waals surface area contributed by atoms with Crippen molar-refractivity contribution in [3.63, 3.8) is 0 Å². The van der Waals surface area contributed by atoms with Crippen LogP contribution in [0.4, 0.5) is 5.69 Å². The van der Waals surface area contributed by atoms with Gasteiger partial charge in [0.1, 0.15) is 5.75 Å². The molecule has 0 bridgehead atoms.